The molecule has 1 heterocycles. The van der Waals surface area contributed by atoms with Crippen LogP contribution in [0.4, 0.5) is 0 Å². The van der Waals surface area contributed by atoms with Gasteiger partial charge in [0.1, 0.15) is 5.75 Å². The lowest BCUT2D eigenvalue weighted by Crippen LogP contribution is -2.16. The molecule has 0 aliphatic heterocycles. The Labute approximate surface area is 131 Å². The lowest BCUT2D eigenvalue weighted by molar-refractivity contribution is 0.587. The van der Waals surface area contributed by atoms with Gasteiger partial charge in [0.25, 0.3) is 0 Å². The van der Waals surface area contributed by atoms with Crippen molar-refractivity contribution >= 4 is 22.5 Å². The van der Waals surface area contributed by atoms with Crippen molar-refractivity contribution in [1.82, 2.24) is 4.98 Å². The normalized spacial score (nSPS) is 12.5. The van der Waals surface area contributed by atoms with Crippen LogP contribution in [0.1, 0.15) is 21.3 Å². The van der Waals surface area contributed by atoms with Gasteiger partial charge in [0.05, 0.1) is 10.4 Å². The second kappa shape index (κ2) is 6.89. The fraction of sp³-hybridized carbons (Fsp3) is 0.118. The number of benzene rings is 2. The number of aromatic nitrogens is 1. The van der Waals surface area contributed by atoms with Gasteiger partial charge >= 0.3 is 0 Å². The first-order chi connectivity index (χ1) is 10.3. The lowest BCUT2D eigenvalue weighted by atomic mass is 10.0. The highest BCUT2D eigenvalue weighted by atomic mass is 32.2. The lowest BCUT2D eigenvalue weighted by Gasteiger charge is -2.22. The molecule has 21 heavy (non-hydrogen) atoms. The summed E-state index contributed by atoms with van der Waals surface area (Å²) in [6.07, 6.45) is 1.80. The van der Waals surface area contributed by atoms with Crippen LogP contribution in [0, 0.1) is 0 Å². The number of hydrogen-bond acceptors (Lipinski definition) is 3. The van der Waals surface area contributed by atoms with E-state index in [1.54, 1.807) is 23.0 Å². The Balaban J connectivity index is 1.92. The average Bonchev–Trinajstić information content (AvgIpc) is 3.02. The van der Waals surface area contributed by atoms with E-state index in [-0.39, 0.29) is 5.25 Å². The molecule has 0 aliphatic carbocycles. The summed E-state index contributed by atoms with van der Waals surface area (Å²) >= 11 is 0.536. The first kappa shape index (κ1) is 14.3. The van der Waals surface area contributed by atoms with E-state index in [0.717, 1.165) is 16.0 Å². The Bertz CT molecular complexity index is 616. The Morgan fingerprint density at radius 1 is 0.952 bits per heavy atom. The third-order valence-corrected chi connectivity index (χ3v) is 5.86. The Kier molecular flexibility index (Phi) is 4.70. The first-order valence-corrected chi connectivity index (χ1v) is 8.95. The molecular weight excluding hydrogens is 298 g/mol. The van der Waals surface area contributed by atoms with Crippen LogP contribution in [0.2, 0.25) is 0 Å². The van der Waals surface area contributed by atoms with Crippen LogP contribution in [0.25, 0.3) is 0 Å². The molecule has 0 N–H and O–H groups in total. The molecule has 0 spiro atoms. The highest BCUT2D eigenvalue weighted by Gasteiger charge is 2.27. The minimum absolute atomic E-state index is 0.102. The molecule has 0 amide bonds. The van der Waals surface area contributed by atoms with Crippen molar-refractivity contribution in [2.45, 2.75) is 11.0 Å². The van der Waals surface area contributed by atoms with Crippen molar-refractivity contribution in [1.29, 1.82) is 0 Å². The highest BCUT2D eigenvalue weighted by Crippen LogP contribution is 2.32. The molecular formula is C17H15NOS2. The van der Waals surface area contributed by atoms with Crippen molar-refractivity contribution in [2.24, 2.45) is 0 Å². The molecule has 0 saturated carbocycles. The highest BCUT2D eigenvalue weighted by molar-refractivity contribution is 7.91. The minimum atomic E-state index is -1.02. The fourth-order valence-corrected chi connectivity index (χ4v) is 4.73. The third-order valence-electron chi connectivity index (χ3n) is 3.24. The van der Waals surface area contributed by atoms with Crippen LogP contribution in [0.15, 0.2) is 72.4 Å². The molecule has 0 aliphatic rings. The van der Waals surface area contributed by atoms with Gasteiger partial charge in [0.15, 0.2) is 5.25 Å². The molecule has 0 radical (unpaired) electrons. The van der Waals surface area contributed by atoms with Crippen LogP contribution in [0.5, 0.6) is 0 Å². The van der Waals surface area contributed by atoms with Crippen LogP contribution in [-0.4, -0.2) is 9.54 Å². The van der Waals surface area contributed by atoms with E-state index >= 15 is 0 Å². The van der Waals surface area contributed by atoms with Crippen molar-refractivity contribution < 1.29 is 4.55 Å². The summed E-state index contributed by atoms with van der Waals surface area (Å²) in [5.41, 5.74) is 3.96. The summed E-state index contributed by atoms with van der Waals surface area (Å²) in [4.78, 5) is 5.12. The minimum Gasteiger partial charge on any atom is -0.615 e. The summed E-state index contributed by atoms with van der Waals surface area (Å²) in [7, 11) is 0. The van der Waals surface area contributed by atoms with Crippen LogP contribution >= 0.6 is 11.3 Å². The molecule has 4 heteroatoms. The van der Waals surface area contributed by atoms with Crippen molar-refractivity contribution in [3.8, 4) is 0 Å². The number of thiazole rings is 1. The molecule has 0 fully saturated rings. The molecule has 3 rings (SSSR count). The van der Waals surface area contributed by atoms with E-state index in [2.05, 4.69) is 4.98 Å². The second-order valence-corrected chi connectivity index (χ2v) is 7.19. The molecule has 0 saturated heterocycles. The van der Waals surface area contributed by atoms with Gasteiger partial charge in [-0.25, -0.2) is 0 Å². The zero-order valence-electron chi connectivity index (χ0n) is 11.4. The van der Waals surface area contributed by atoms with Gasteiger partial charge in [0.2, 0.25) is 0 Å². The Morgan fingerprint density at radius 3 is 2.00 bits per heavy atom. The Morgan fingerprint density at radius 2 is 1.52 bits per heavy atom. The molecule has 2 aromatic carbocycles. The van der Waals surface area contributed by atoms with Gasteiger partial charge in [-0.1, -0.05) is 60.7 Å². The van der Waals surface area contributed by atoms with E-state index < -0.39 is 11.2 Å². The van der Waals surface area contributed by atoms with Gasteiger partial charge < -0.3 is 4.55 Å². The fourth-order valence-electron chi connectivity index (χ4n) is 2.29. The van der Waals surface area contributed by atoms with E-state index in [1.165, 1.54) is 0 Å². The van der Waals surface area contributed by atoms with Crippen molar-refractivity contribution in [3.63, 3.8) is 0 Å². The summed E-state index contributed by atoms with van der Waals surface area (Å²) in [6, 6.07) is 20.1. The van der Waals surface area contributed by atoms with Crippen molar-refractivity contribution in [2.75, 3.05) is 0 Å². The van der Waals surface area contributed by atoms with Gasteiger partial charge in [0, 0.05) is 17.3 Å². The summed E-state index contributed by atoms with van der Waals surface area (Å²) in [5.74, 6) is 0.541. The number of nitrogens with zero attached hydrogens (tertiary/aromatic N) is 1. The largest absolute Gasteiger partial charge is 0.615 e. The number of rotatable bonds is 5. The smallest absolute Gasteiger partial charge is 0.166 e. The van der Waals surface area contributed by atoms with E-state index in [0.29, 0.717) is 5.75 Å². The van der Waals surface area contributed by atoms with E-state index in [1.807, 2.05) is 60.7 Å². The van der Waals surface area contributed by atoms with Crippen molar-refractivity contribution in [3.05, 3.63) is 88.4 Å². The van der Waals surface area contributed by atoms with Gasteiger partial charge in [-0.05, 0) is 11.2 Å². The summed E-state index contributed by atoms with van der Waals surface area (Å²) < 4.78 is 12.9. The molecule has 0 unspecified atom stereocenters. The molecule has 106 valence electrons. The maximum Gasteiger partial charge on any atom is 0.166 e. The molecule has 1 atom stereocenters. The topological polar surface area (TPSA) is 36.0 Å². The zero-order chi connectivity index (χ0) is 14.5. The quantitative estimate of drug-likeness (QED) is 0.662. The maximum absolute atomic E-state index is 12.9. The molecule has 2 nitrogen and oxygen atoms in total. The van der Waals surface area contributed by atoms with Crippen LogP contribution in [0.3, 0.4) is 0 Å². The summed E-state index contributed by atoms with van der Waals surface area (Å²) in [6.45, 7) is 0. The maximum atomic E-state index is 12.9. The Hall–Kier alpha value is -1.62. The molecule has 3 aromatic rings. The first-order valence-electron chi connectivity index (χ1n) is 6.69. The SMILES string of the molecule is [O-][S@@+](Cc1cncs1)C(c1ccccc1)c1ccccc1. The van der Waals surface area contributed by atoms with Gasteiger partial charge in [-0.3, -0.25) is 4.98 Å². The van der Waals surface area contributed by atoms with Gasteiger partial charge in [-0.2, -0.15) is 0 Å². The second-order valence-electron chi connectivity index (χ2n) is 4.69. The molecule has 0 bridgehead atoms. The predicted octanol–water partition coefficient (Wildman–Crippen LogP) is 4.18. The van der Waals surface area contributed by atoms with E-state index in [9.17, 15) is 4.55 Å². The number of hydrogen-bond donors (Lipinski definition) is 0. The van der Waals surface area contributed by atoms with Crippen LogP contribution in [-0.2, 0) is 16.9 Å². The van der Waals surface area contributed by atoms with Gasteiger partial charge in [-0.15, -0.1) is 11.3 Å². The average molecular weight is 313 g/mol. The monoisotopic (exact) mass is 313 g/mol. The molecule has 1 aromatic heterocycles. The zero-order valence-corrected chi connectivity index (χ0v) is 13.0. The van der Waals surface area contributed by atoms with E-state index in [4.69, 9.17) is 0 Å². The predicted molar refractivity (Wildman–Crippen MR) is 88.7 cm³/mol. The summed E-state index contributed by atoms with van der Waals surface area (Å²) in [5, 5.41) is -0.102. The van der Waals surface area contributed by atoms with Crippen LogP contribution < -0.4 is 0 Å². The standard InChI is InChI=1S/C17H15NOS2/c19-21(12-16-11-18-13-20-16)17(14-7-3-1-4-8-14)15-9-5-2-6-10-15/h1-11,13,17H,12H2/t21-/m0/s1. The third kappa shape index (κ3) is 3.53.